The Bertz CT molecular complexity index is 713. The molecule has 0 aliphatic heterocycles. The van der Waals surface area contributed by atoms with E-state index >= 15 is 0 Å². The first-order valence-corrected chi connectivity index (χ1v) is 7.94. The second kappa shape index (κ2) is 7.17. The van der Waals surface area contributed by atoms with Crippen LogP contribution in [0.4, 0.5) is 5.69 Å². The van der Waals surface area contributed by atoms with E-state index in [1.807, 2.05) is 30.3 Å². The minimum absolute atomic E-state index is 0.0614. The third-order valence-electron chi connectivity index (χ3n) is 4.13. The molecule has 1 fully saturated rings. The zero-order valence-electron chi connectivity index (χ0n) is 13.5. The number of ether oxygens (including phenoxy) is 1. The van der Waals surface area contributed by atoms with Crippen molar-refractivity contribution in [3.05, 3.63) is 60.2 Å². The van der Waals surface area contributed by atoms with Crippen LogP contribution < -0.4 is 15.4 Å². The standard InChI is InChI=1S/C19H20N2O3/c1-24-15-9-7-14(8-10-15)21-19(23)17-11-16(17)18(22)20-12-13-5-3-2-4-6-13/h2-10,16-17H,11-12H2,1H3,(H,20,22)(H,21,23). The number of nitrogens with one attached hydrogen (secondary N) is 2. The third-order valence-corrected chi connectivity index (χ3v) is 4.13. The SMILES string of the molecule is COc1ccc(NC(=O)C2CC2C(=O)NCc2ccccc2)cc1. The molecule has 1 saturated carbocycles. The summed E-state index contributed by atoms with van der Waals surface area (Å²) < 4.78 is 5.08. The van der Waals surface area contributed by atoms with Gasteiger partial charge >= 0.3 is 0 Å². The molecule has 2 atom stereocenters. The van der Waals surface area contributed by atoms with Crippen LogP contribution >= 0.6 is 0 Å². The summed E-state index contributed by atoms with van der Waals surface area (Å²) in [5, 5.41) is 5.73. The van der Waals surface area contributed by atoms with E-state index in [1.165, 1.54) is 0 Å². The van der Waals surface area contributed by atoms with Crippen LogP contribution in [0.3, 0.4) is 0 Å². The lowest BCUT2D eigenvalue weighted by Gasteiger charge is -2.07. The molecular formula is C19H20N2O3. The van der Waals surface area contributed by atoms with Gasteiger partial charge in [-0.3, -0.25) is 9.59 Å². The number of hydrogen-bond donors (Lipinski definition) is 2. The van der Waals surface area contributed by atoms with E-state index < -0.39 is 0 Å². The van der Waals surface area contributed by atoms with E-state index in [2.05, 4.69) is 10.6 Å². The fraction of sp³-hybridized carbons (Fsp3) is 0.263. The molecule has 5 heteroatoms. The van der Waals surface area contributed by atoms with Crippen LogP contribution in [0.1, 0.15) is 12.0 Å². The Labute approximate surface area is 141 Å². The lowest BCUT2D eigenvalue weighted by atomic mass is 10.2. The van der Waals surface area contributed by atoms with Gasteiger partial charge in [-0.05, 0) is 36.2 Å². The molecule has 5 nitrogen and oxygen atoms in total. The van der Waals surface area contributed by atoms with Gasteiger partial charge in [-0.25, -0.2) is 0 Å². The molecule has 0 heterocycles. The molecule has 2 unspecified atom stereocenters. The maximum Gasteiger partial charge on any atom is 0.228 e. The molecule has 2 aromatic carbocycles. The molecule has 0 radical (unpaired) electrons. The van der Waals surface area contributed by atoms with Gasteiger partial charge in [0.25, 0.3) is 0 Å². The van der Waals surface area contributed by atoms with Gasteiger partial charge in [-0.15, -0.1) is 0 Å². The van der Waals surface area contributed by atoms with Gasteiger partial charge in [0, 0.05) is 12.2 Å². The van der Waals surface area contributed by atoms with E-state index in [0.717, 1.165) is 11.3 Å². The topological polar surface area (TPSA) is 67.4 Å². The number of carbonyl (C=O) groups excluding carboxylic acids is 2. The Morgan fingerprint density at radius 1 is 1.00 bits per heavy atom. The minimum Gasteiger partial charge on any atom is -0.497 e. The van der Waals surface area contributed by atoms with Gasteiger partial charge in [0.1, 0.15) is 5.75 Å². The number of benzene rings is 2. The highest BCUT2D eigenvalue weighted by Gasteiger charge is 2.47. The normalized spacial score (nSPS) is 18.5. The molecule has 0 aromatic heterocycles. The second-order valence-corrected chi connectivity index (χ2v) is 5.87. The maximum atomic E-state index is 12.2. The van der Waals surface area contributed by atoms with Crippen molar-refractivity contribution >= 4 is 17.5 Å². The van der Waals surface area contributed by atoms with Crippen LogP contribution in [-0.2, 0) is 16.1 Å². The van der Waals surface area contributed by atoms with E-state index in [4.69, 9.17) is 4.74 Å². The van der Waals surface area contributed by atoms with Crippen LogP contribution in [0.25, 0.3) is 0 Å². The first-order valence-electron chi connectivity index (χ1n) is 7.94. The maximum absolute atomic E-state index is 12.2. The Balaban J connectivity index is 1.47. The van der Waals surface area contributed by atoms with Crippen molar-refractivity contribution in [1.29, 1.82) is 0 Å². The smallest absolute Gasteiger partial charge is 0.228 e. The molecule has 2 N–H and O–H groups in total. The Morgan fingerprint density at radius 2 is 1.67 bits per heavy atom. The third kappa shape index (κ3) is 3.93. The van der Waals surface area contributed by atoms with E-state index in [9.17, 15) is 9.59 Å². The van der Waals surface area contributed by atoms with Crippen LogP contribution in [-0.4, -0.2) is 18.9 Å². The Hall–Kier alpha value is -2.82. The predicted octanol–water partition coefficient (Wildman–Crippen LogP) is 2.59. The summed E-state index contributed by atoms with van der Waals surface area (Å²) in [5.74, 6) is 0.0844. The van der Waals surface area contributed by atoms with Gasteiger partial charge in [-0.2, -0.15) is 0 Å². The van der Waals surface area contributed by atoms with Crippen molar-refractivity contribution < 1.29 is 14.3 Å². The molecule has 24 heavy (non-hydrogen) atoms. The summed E-state index contributed by atoms with van der Waals surface area (Å²) in [6.07, 6.45) is 0.600. The van der Waals surface area contributed by atoms with Gasteiger partial charge in [-0.1, -0.05) is 30.3 Å². The average Bonchev–Trinajstić information content (AvgIpc) is 3.42. The van der Waals surface area contributed by atoms with Crippen LogP contribution in [0, 0.1) is 11.8 Å². The number of carbonyl (C=O) groups is 2. The molecule has 0 saturated heterocycles. The van der Waals surface area contributed by atoms with Gasteiger partial charge < -0.3 is 15.4 Å². The zero-order valence-corrected chi connectivity index (χ0v) is 13.5. The van der Waals surface area contributed by atoms with Crippen LogP contribution in [0.15, 0.2) is 54.6 Å². The summed E-state index contributed by atoms with van der Waals surface area (Å²) in [6.45, 7) is 0.489. The summed E-state index contributed by atoms with van der Waals surface area (Å²) in [6, 6.07) is 16.9. The van der Waals surface area contributed by atoms with Gasteiger partial charge in [0.2, 0.25) is 11.8 Å². The molecule has 0 spiro atoms. The molecule has 3 rings (SSSR count). The molecular weight excluding hydrogens is 304 g/mol. The monoisotopic (exact) mass is 324 g/mol. The lowest BCUT2D eigenvalue weighted by Crippen LogP contribution is -2.27. The summed E-state index contributed by atoms with van der Waals surface area (Å²) in [5.41, 5.74) is 1.75. The van der Waals surface area contributed by atoms with Crippen molar-refractivity contribution in [3.63, 3.8) is 0 Å². The number of anilines is 1. The van der Waals surface area contributed by atoms with Crippen LogP contribution in [0.2, 0.25) is 0 Å². The second-order valence-electron chi connectivity index (χ2n) is 5.87. The minimum atomic E-state index is -0.247. The largest absolute Gasteiger partial charge is 0.497 e. The summed E-state index contributed by atoms with van der Waals surface area (Å²) >= 11 is 0. The Kier molecular flexibility index (Phi) is 4.79. The summed E-state index contributed by atoms with van der Waals surface area (Å²) in [4.78, 5) is 24.3. The van der Waals surface area contributed by atoms with Crippen molar-refractivity contribution in [2.24, 2.45) is 11.8 Å². The first-order chi connectivity index (χ1) is 11.7. The molecule has 1 aliphatic rings. The van der Waals surface area contributed by atoms with Crippen molar-refractivity contribution in [2.45, 2.75) is 13.0 Å². The number of hydrogen-bond acceptors (Lipinski definition) is 3. The van der Waals surface area contributed by atoms with Gasteiger partial charge in [0.15, 0.2) is 0 Å². The highest BCUT2D eigenvalue weighted by Crippen LogP contribution is 2.39. The molecule has 124 valence electrons. The zero-order chi connectivity index (χ0) is 16.9. The van der Waals surface area contributed by atoms with Crippen molar-refractivity contribution in [3.8, 4) is 5.75 Å². The molecule has 1 aliphatic carbocycles. The van der Waals surface area contributed by atoms with E-state index in [0.29, 0.717) is 18.7 Å². The fourth-order valence-corrected chi connectivity index (χ4v) is 2.60. The fourth-order valence-electron chi connectivity index (χ4n) is 2.60. The number of rotatable bonds is 6. The van der Waals surface area contributed by atoms with Crippen molar-refractivity contribution in [2.75, 3.05) is 12.4 Å². The number of methoxy groups -OCH3 is 1. The Morgan fingerprint density at radius 3 is 2.33 bits per heavy atom. The molecule has 2 aromatic rings. The summed E-state index contributed by atoms with van der Waals surface area (Å²) in [7, 11) is 1.59. The predicted molar refractivity (Wildman–Crippen MR) is 91.5 cm³/mol. The molecule has 0 bridgehead atoms. The van der Waals surface area contributed by atoms with Gasteiger partial charge in [0.05, 0.1) is 18.9 Å². The highest BCUT2D eigenvalue weighted by molar-refractivity contribution is 5.99. The average molecular weight is 324 g/mol. The highest BCUT2D eigenvalue weighted by atomic mass is 16.5. The van der Waals surface area contributed by atoms with Crippen LogP contribution in [0.5, 0.6) is 5.75 Å². The van der Waals surface area contributed by atoms with Crippen molar-refractivity contribution in [1.82, 2.24) is 5.32 Å². The quantitative estimate of drug-likeness (QED) is 0.858. The molecule has 2 amide bonds. The first kappa shape index (κ1) is 16.1. The lowest BCUT2D eigenvalue weighted by molar-refractivity contribution is -0.125. The van der Waals surface area contributed by atoms with E-state index in [-0.39, 0.29) is 23.7 Å². The number of amides is 2. The van der Waals surface area contributed by atoms with E-state index in [1.54, 1.807) is 31.4 Å².